The van der Waals surface area contributed by atoms with Crippen LogP contribution in [0.2, 0.25) is 0 Å². The Labute approximate surface area is 156 Å². The Hall–Kier alpha value is -2.60. The molecule has 0 spiro atoms. The van der Waals surface area contributed by atoms with Gasteiger partial charge in [-0.25, -0.2) is 4.98 Å². The first-order valence-corrected chi connectivity index (χ1v) is 9.54. The molecule has 26 heavy (non-hydrogen) atoms. The molecule has 1 atom stereocenters. The Morgan fingerprint density at radius 1 is 1.38 bits per heavy atom. The highest BCUT2D eigenvalue weighted by atomic mass is 32.1. The summed E-state index contributed by atoms with van der Waals surface area (Å²) < 4.78 is 11.3. The fourth-order valence-corrected chi connectivity index (χ4v) is 4.03. The van der Waals surface area contributed by atoms with E-state index in [0.717, 1.165) is 41.3 Å². The van der Waals surface area contributed by atoms with Crippen LogP contribution in [0.25, 0.3) is 0 Å². The standard InChI is InChI=1S/C20H20N2O3S/c1-24-15-6-2-5-14(11-15)12-16-13-21-19(25-16)17-7-3-9-22(17)20(23)18-8-4-10-26-18/h2,4-6,8,10-11,13,17H,3,7,9,12H2,1H3/t17-/m0/s1. The van der Waals surface area contributed by atoms with Crippen LogP contribution < -0.4 is 4.74 Å². The van der Waals surface area contributed by atoms with Crippen LogP contribution in [0.15, 0.2) is 52.4 Å². The van der Waals surface area contributed by atoms with E-state index in [9.17, 15) is 4.79 Å². The van der Waals surface area contributed by atoms with E-state index in [1.54, 1.807) is 13.3 Å². The lowest BCUT2D eigenvalue weighted by atomic mass is 10.1. The third-order valence-corrected chi connectivity index (χ3v) is 5.47. The van der Waals surface area contributed by atoms with E-state index < -0.39 is 0 Å². The quantitative estimate of drug-likeness (QED) is 0.673. The van der Waals surface area contributed by atoms with Crippen molar-refractivity contribution < 1.29 is 13.9 Å². The fraction of sp³-hybridized carbons (Fsp3) is 0.300. The summed E-state index contributed by atoms with van der Waals surface area (Å²) in [6, 6.07) is 11.6. The number of likely N-dealkylation sites (tertiary alicyclic amines) is 1. The zero-order valence-electron chi connectivity index (χ0n) is 14.6. The Bertz CT molecular complexity index is 888. The number of carbonyl (C=O) groups excluding carboxylic acids is 1. The molecule has 3 heterocycles. The van der Waals surface area contributed by atoms with Gasteiger partial charge in [-0.1, -0.05) is 18.2 Å². The number of hydrogen-bond donors (Lipinski definition) is 0. The molecular formula is C20H20N2O3S. The molecule has 1 aromatic carbocycles. The van der Waals surface area contributed by atoms with Crippen molar-refractivity contribution in [3.8, 4) is 5.75 Å². The van der Waals surface area contributed by atoms with Gasteiger partial charge in [-0.05, 0) is 42.0 Å². The number of amides is 1. The summed E-state index contributed by atoms with van der Waals surface area (Å²) in [6.07, 6.45) is 4.27. The first kappa shape index (κ1) is 16.8. The zero-order chi connectivity index (χ0) is 17.9. The summed E-state index contributed by atoms with van der Waals surface area (Å²) >= 11 is 1.47. The molecule has 1 amide bonds. The van der Waals surface area contributed by atoms with E-state index in [4.69, 9.17) is 9.15 Å². The van der Waals surface area contributed by atoms with Crippen LogP contribution in [-0.2, 0) is 6.42 Å². The molecule has 4 rings (SSSR count). The van der Waals surface area contributed by atoms with Gasteiger partial charge in [-0.15, -0.1) is 11.3 Å². The average Bonchev–Trinajstić information content (AvgIpc) is 3.41. The lowest BCUT2D eigenvalue weighted by Crippen LogP contribution is -2.30. The number of methoxy groups -OCH3 is 1. The monoisotopic (exact) mass is 368 g/mol. The molecule has 0 bridgehead atoms. The number of nitrogens with zero attached hydrogens (tertiary/aromatic N) is 2. The number of oxazole rings is 1. The van der Waals surface area contributed by atoms with E-state index in [0.29, 0.717) is 12.3 Å². The van der Waals surface area contributed by atoms with Gasteiger partial charge in [-0.3, -0.25) is 4.79 Å². The largest absolute Gasteiger partial charge is 0.497 e. The fourth-order valence-electron chi connectivity index (χ4n) is 3.35. The van der Waals surface area contributed by atoms with E-state index in [1.165, 1.54) is 11.3 Å². The topological polar surface area (TPSA) is 55.6 Å². The summed E-state index contributed by atoms with van der Waals surface area (Å²) in [5, 5.41) is 1.93. The number of benzene rings is 1. The van der Waals surface area contributed by atoms with Crippen molar-refractivity contribution in [1.29, 1.82) is 0 Å². The molecule has 2 aromatic heterocycles. The number of hydrogen-bond acceptors (Lipinski definition) is 5. The smallest absolute Gasteiger partial charge is 0.264 e. The maximum Gasteiger partial charge on any atom is 0.264 e. The van der Waals surface area contributed by atoms with Gasteiger partial charge >= 0.3 is 0 Å². The zero-order valence-corrected chi connectivity index (χ0v) is 15.4. The number of thiophene rings is 1. The maximum atomic E-state index is 12.7. The minimum absolute atomic E-state index is 0.0649. The predicted octanol–water partition coefficient (Wildman–Crippen LogP) is 4.31. The minimum atomic E-state index is -0.0799. The third kappa shape index (κ3) is 3.37. The van der Waals surface area contributed by atoms with Crippen LogP contribution >= 0.6 is 11.3 Å². The third-order valence-electron chi connectivity index (χ3n) is 4.61. The van der Waals surface area contributed by atoms with Gasteiger partial charge < -0.3 is 14.1 Å². The second kappa shape index (κ2) is 7.33. The first-order valence-electron chi connectivity index (χ1n) is 8.66. The van der Waals surface area contributed by atoms with Crippen LogP contribution in [0.5, 0.6) is 5.75 Å². The second-order valence-corrected chi connectivity index (χ2v) is 7.27. The van der Waals surface area contributed by atoms with Gasteiger partial charge in [0.2, 0.25) is 5.89 Å². The van der Waals surface area contributed by atoms with Crippen molar-refractivity contribution in [1.82, 2.24) is 9.88 Å². The van der Waals surface area contributed by atoms with Gasteiger partial charge in [0, 0.05) is 13.0 Å². The molecule has 6 heteroatoms. The van der Waals surface area contributed by atoms with E-state index >= 15 is 0 Å². The lowest BCUT2D eigenvalue weighted by Gasteiger charge is -2.21. The van der Waals surface area contributed by atoms with Crippen molar-refractivity contribution in [2.45, 2.75) is 25.3 Å². The first-order chi connectivity index (χ1) is 12.7. The number of carbonyl (C=O) groups is 1. The summed E-state index contributed by atoms with van der Waals surface area (Å²) in [7, 11) is 1.66. The molecule has 0 N–H and O–H groups in total. The summed E-state index contributed by atoms with van der Waals surface area (Å²) in [5.41, 5.74) is 1.10. The number of ether oxygens (including phenoxy) is 1. The molecule has 1 saturated heterocycles. The van der Waals surface area contributed by atoms with Crippen molar-refractivity contribution in [2.75, 3.05) is 13.7 Å². The van der Waals surface area contributed by atoms with Gasteiger partial charge in [0.15, 0.2) is 0 Å². The second-order valence-electron chi connectivity index (χ2n) is 6.33. The number of rotatable bonds is 5. The molecule has 1 fully saturated rings. The Morgan fingerprint density at radius 2 is 2.31 bits per heavy atom. The summed E-state index contributed by atoms with van der Waals surface area (Å²) in [4.78, 5) is 19.8. The Morgan fingerprint density at radius 3 is 3.12 bits per heavy atom. The summed E-state index contributed by atoms with van der Waals surface area (Å²) in [5.74, 6) is 2.31. The molecule has 5 nitrogen and oxygen atoms in total. The summed E-state index contributed by atoms with van der Waals surface area (Å²) in [6.45, 7) is 0.745. The highest BCUT2D eigenvalue weighted by Crippen LogP contribution is 2.33. The van der Waals surface area contributed by atoms with Gasteiger partial charge in [-0.2, -0.15) is 0 Å². The number of aromatic nitrogens is 1. The van der Waals surface area contributed by atoms with Crippen LogP contribution in [-0.4, -0.2) is 29.4 Å². The molecular weight excluding hydrogens is 348 g/mol. The molecule has 1 aliphatic heterocycles. The van der Waals surface area contributed by atoms with Gasteiger partial charge in [0.05, 0.1) is 18.2 Å². The molecule has 0 radical (unpaired) electrons. The van der Waals surface area contributed by atoms with E-state index in [2.05, 4.69) is 4.98 Å². The minimum Gasteiger partial charge on any atom is -0.497 e. The van der Waals surface area contributed by atoms with Crippen molar-refractivity contribution in [3.63, 3.8) is 0 Å². The van der Waals surface area contributed by atoms with Crippen LogP contribution in [0, 0.1) is 0 Å². The highest BCUT2D eigenvalue weighted by Gasteiger charge is 2.34. The SMILES string of the molecule is COc1cccc(Cc2cnc([C@@H]3CCCN3C(=O)c3cccs3)o2)c1. The van der Waals surface area contributed by atoms with Crippen molar-refractivity contribution in [2.24, 2.45) is 0 Å². The molecule has 0 saturated carbocycles. The highest BCUT2D eigenvalue weighted by molar-refractivity contribution is 7.12. The van der Waals surface area contributed by atoms with Crippen LogP contribution in [0.3, 0.4) is 0 Å². The average molecular weight is 368 g/mol. The lowest BCUT2D eigenvalue weighted by molar-refractivity contribution is 0.0719. The van der Waals surface area contributed by atoms with Crippen molar-refractivity contribution in [3.05, 3.63) is 70.1 Å². The molecule has 0 unspecified atom stereocenters. The molecule has 134 valence electrons. The Kier molecular flexibility index (Phi) is 4.75. The van der Waals surface area contributed by atoms with Crippen molar-refractivity contribution >= 4 is 17.2 Å². The normalized spacial score (nSPS) is 16.8. The van der Waals surface area contributed by atoms with Crippen LogP contribution in [0.1, 0.15) is 45.8 Å². The van der Waals surface area contributed by atoms with E-state index in [-0.39, 0.29) is 11.9 Å². The van der Waals surface area contributed by atoms with E-state index in [1.807, 2.05) is 46.7 Å². The molecule has 3 aromatic rings. The molecule has 0 aliphatic carbocycles. The Balaban J connectivity index is 1.50. The maximum absolute atomic E-state index is 12.7. The van der Waals surface area contributed by atoms with Gasteiger partial charge in [0.1, 0.15) is 17.6 Å². The predicted molar refractivity (Wildman–Crippen MR) is 99.6 cm³/mol. The molecule has 1 aliphatic rings. The van der Waals surface area contributed by atoms with Crippen LogP contribution in [0.4, 0.5) is 0 Å². The van der Waals surface area contributed by atoms with Gasteiger partial charge in [0.25, 0.3) is 5.91 Å².